The zero-order valence-corrected chi connectivity index (χ0v) is 15.0. The van der Waals surface area contributed by atoms with E-state index >= 15 is 0 Å². The molecule has 29 heavy (non-hydrogen) atoms. The largest absolute Gasteiger partial charge is 0.416 e. The van der Waals surface area contributed by atoms with E-state index in [4.69, 9.17) is 0 Å². The molecule has 2 amide bonds. The number of carbonyl (C=O) groups excluding carboxylic acids is 2. The van der Waals surface area contributed by atoms with Gasteiger partial charge >= 0.3 is 6.18 Å². The number of amides is 2. The fourth-order valence-corrected chi connectivity index (χ4v) is 3.27. The van der Waals surface area contributed by atoms with E-state index in [9.17, 15) is 32.9 Å². The Hall–Kier alpha value is -3.50. The van der Waals surface area contributed by atoms with Gasteiger partial charge in [0.2, 0.25) is 11.8 Å². The number of aromatic nitrogens is 1. The number of nitrogens with one attached hydrogen (secondary N) is 1. The number of alkyl halides is 3. The van der Waals surface area contributed by atoms with Crippen molar-refractivity contribution in [2.75, 3.05) is 18.9 Å². The minimum absolute atomic E-state index is 0.122. The van der Waals surface area contributed by atoms with Gasteiger partial charge in [-0.15, -0.1) is 0 Å². The standard InChI is InChI=1S/C18H15F3N4O4/c1-24-9-12(10-2-4-11(5-3-10)18(19,20)21)15(17(24)27)16(26)23-13-8-22-7-6-14(13)25(28)29/h2-8,12,15H,9H2,1H3,(H,23,26)/t12-,15+/m1/s1. The highest BCUT2D eigenvalue weighted by Crippen LogP contribution is 2.36. The fourth-order valence-electron chi connectivity index (χ4n) is 3.27. The van der Waals surface area contributed by atoms with Gasteiger partial charge in [-0.1, -0.05) is 12.1 Å². The zero-order chi connectivity index (χ0) is 21.3. The first-order valence-corrected chi connectivity index (χ1v) is 8.41. The van der Waals surface area contributed by atoms with Gasteiger partial charge in [-0.25, -0.2) is 0 Å². The summed E-state index contributed by atoms with van der Waals surface area (Å²) < 4.78 is 38.4. The molecule has 0 aliphatic carbocycles. The molecule has 1 fully saturated rings. The third-order valence-corrected chi connectivity index (χ3v) is 4.72. The first kappa shape index (κ1) is 20.2. The monoisotopic (exact) mass is 408 g/mol. The molecule has 1 aliphatic rings. The molecule has 3 rings (SSSR count). The van der Waals surface area contributed by atoms with Crippen molar-refractivity contribution in [3.63, 3.8) is 0 Å². The van der Waals surface area contributed by atoms with Gasteiger partial charge in [0.1, 0.15) is 11.6 Å². The molecule has 0 saturated carbocycles. The molecule has 1 aliphatic heterocycles. The van der Waals surface area contributed by atoms with E-state index in [0.29, 0.717) is 5.56 Å². The second-order valence-corrected chi connectivity index (χ2v) is 6.56. The fraction of sp³-hybridized carbons (Fsp3) is 0.278. The summed E-state index contributed by atoms with van der Waals surface area (Å²) in [5, 5.41) is 13.4. The number of pyridine rings is 1. The van der Waals surface area contributed by atoms with Crippen molar-refractivity contribution in [1.82, 2.24) is 9.88 Å². The summed E-state index contributed by atoms with van der Waals surface area (Å²) in [6.45, 7) is 0.122. The summed E-state index contributed by atoms with van der Waals surface area (Å²) in [7, 11) is 1.47. The first-order valence-electron chi connectivity index (χ1n) is 8.41. The van der Waals surface area contributed by atoms with Crippen molar-refractivity contribution in [3.05, 3.63) is 64.0 Å². The summed E-state index contributed by atoms with van der Waals surface area (Å²) in [6, 6.07) is 5.34. The van der Waals surface area contributed by atoms with Crippen LogP contribution in [-0.2, 0) is 15.8 Å². The number of anilines is 1. The number of likely N-dealkylation sites (N-methyl/N-ethyl adjacent to an activating group) is 1. The topological polar surface area (TPSA) is 105 Å². The van der Waals surface area contributed by atoms with E-state index in [2.05, 4.69) is 10.3 Å². The molecule has 152 valence electrons. The van der Waals surface area contributed by atoms with Crippen LogP contribution < -0.4 is 5.32 Å². The number of hydrogen-bond donors (Lipinski definition) is 1. The lowest BCUT2D eigenvalue weighted by atomic mass is 9.87. The molecule has 0 unspecified atom stereocenters. The van der Waals surface area contributed by atoms with Crippen LogP contribution in [0.3, 0.4) is 0 Å². The van der Waals surface area contributed by atoms with E-state index in [-0.39, 0.29) is 12.2 Å². The Morgan fingerprint density at radius 3 is 2.52 bits per heavy atom. The molecule has 2 heterocycles. The maximum Gasteiger partial charge on any atom is 0.416 e. The number of benzene rings is 1. The van der Waals surface area contributed by atoms with Crippen molar-refractivity contribution in [2.24, 2.45) is 5.92 Å². The number of halogens is 3. The average Bonchev–Trinajstić information content (AvgIpc) is 2.96. The number of carbonyl (C=O) groups is 2. The van der Waals surface area contributed by atoms with E-state index in [0.717, 1.165) is 24.4 Å². The van der Waals surface area contributed by atoms with Gasteiger partial charge < -0.3 is 10.2 Å². The number of rotatable bonds is 4. The predicted molar refractivity (Wildman–Crippen MR) is 94.8 cm³/mol. The van der Waals surface area contributed by atoms with Gasteiger partial charge in [0.15, 0.2) is 0 Å². The van der Waals surface area contributed by atoms with Crippen LogP contribution in [0.15, 0.2) is 42.7 Å². The third kappa shape index (κ3) is 4.03. The second kappa shape index (κ2) is 7.49. The maximum atomic E-state index is 12.8. The smallest absolute Gasteiger partial charge is 0.344 e. The lowest BCUT2D eigenvalue weighted by Gasteiger charge is -2.17. The molecule has 0 spiro atoms. The predicted octanol–water partition coefficient (Wildman–Crippen LogP) is 2.82. The number of nitrogens with zero attached hydrogens (tertiary/aromatic N) is 3. The van der Waals surface area contributed by atoms with Gasteiger partial charge in [0, 0.05) is 31.8 Å². The summed E-state index contributed by atoms with van der Waals surface area (Å²) in [4.78, 5) is 40.7. The lowest BCUT2D eigenvalue weighted by molar-refractivity contribution is -0.384. The van der Waals surface area contributed by atoms with E-state index in [1.807, 2.05) is 0 Å². The molecular formula is C18H15F3N4O4. The number of hydrogen-bond acceptors (Lipinski definition) is 5. The molecule has 8 nitrogen and oxygen atoms in total. The molecule has 11 heteroatoms. The Morgan fingerprint density at radius 1 is 1.28 bits per heavy atom. The van der Waals surface area contributed by atoms with Crippen molar-refractivity contribution < 1.29 is 27.7 Å². The van der Waals surface area contributed by atoms with Crippen molar-refractivity contribution >= 4 is 23.2 Å². The molecule has 2 atom stereocenters. The number of likely N-dealkylation sites (tertiary alicyclic amines) is 1. The van der Waals surface area contributed by atoms with Crippen molar-refractivity contribution in [1.29, 1.82) is 0 Å². The van der Waals surface area contributed by atoms with Crippen molar-refractivity contribution in [3.8, 4) is 0 Å². The zero-order valence-electron chi connectivity index (χ0n) is 15.0. The quantitative estimate of drug-likeness (QED) is 0.476. The van der Waals surface area contributed by atoms with Gasteiger partial charge in [0.25, 0.3) is 5.69 Å². The van der Waals surface area contributed by atoms with E-state index < -0.39 is 46.0 Å². The number of nitro groups is 1. The molecule has 1 N–H and O–H groups in total. The van der Waals surface area contributed by atoms with Crippen LogP contribution in [-0.4, -0.2) is 40.2 Å². The summed E-state index contributed by atoms with van der Waals surface area (Å²) in [6.07, 6.45) is -2.23. The second-order valence-electron chi connectivity index (χ2n) is 6.56. The van der Waals surface area contributed by atoms with Gasteiger partial charge in [-0.2, -0.15) is 13.2 Å². The van der Waals surface area contributed by atoms with Crippen LogP contribution in [0.4, 0.5) is 24.5 Å². The van der Waals surface area contributed by atoms with Gasteiger partial charge in [-0.3, -0.25) is 24.7 Å². The molecule has 1 aromatic carbocycles. The molecular weight excluding hydrogens is 393 g/mol. The maximum absolute atomic E-state index is 12.8. The highest BCUT2D eigenvalue weighted by Gasteiger charge is 2.44. The summed E-state index contributed by atoms with van der Waals surface area (Å²) >= 11 is 0. The first-order chi connectivity index (χ1) is 13.6. The average molecular weight is 408 g/mol. The van der Waals surface area contributed by atoms with Crippen LogP contribution in [0.5, 0.6) is 0 Å². The Labute approximate surface area is 162 Å². The van der Waals surface area contributed by atoms with Gasteiger partial charge in [0.05, 0.1) is 16.7 Å². The van der Waals surface area contributed by atoms with Crippen LogP contribution in [0.1, 0.15) is 17.0 Å². The van der Waals surface area contributed by atoms with E-state index in [1.54, 1.807) is 0 Å². The van der Waals surface area contributed by atoms with Gasteiger partial charge in [-0.05, 0) is 17.7 Å². The lowest BCUT2D eigenvalue weighted by Crippen LogP contribution is -2.33. The molecule has 1 aromatic heterocycles. The Balaban J connectivity index is 1.89. The summed E-state index contributed by atoms with van der Waals surface area (Å²) in [5.74, 6) is -3.26. The Morgan fingerprint density at radius 2 is 1.93 bits per heavy atom. The third-order valence-electron chi connectivity index (χ3n) is 4.72. The van der Waals surface area contributed by atoms with Crippen LogP contribution in [0.2, 0.25) is 0 Å². The Kier molecular flexibility index (Phi) is 5.23. The van der Waals surface area contributed by atoms with Crippen LogP contribution in [0, 0.1) is 16.0 Å². The van der Waals surface area contributed by atoms with Crippen LogP contribution in [0.25, 0.3) is 0 Å². The molecule has 1 saturated heterocycles. The normalized spacial score (nSPS) is 19.3. The highest BCUT2D eigenvalue weighted by molar-refractivity contribution is 6.09. The molecule has 0 radical (unpaired) electrons. The van der Waals surface area contributed by atoms with Crippen LogP contribution >= 0.6 is 0 Å². The van der Waals surface area contributed by atoms with Crippen molar-refractivity contribution in [2.45, 2.75) is 12.1 Å². The SMILES string of the molecule is CN1C[C@H](c2ccc(C(F)(F)F)cc2)[C@@H](C(=O)Nc2cnccc2[N+](=O)[O-])C1=O. The minimum atomic E-state index is -4.50. The Bertz CT molecular complexity index is 962. The molecule has 2 aromatic rings. The summed E-state index contributed by atoms with van der Waals surface area (Å²) in [5.41, 5.74) is -1.02. The molecule has 0 bridgehead atoms. The van der Waals surface area contributed by atoms with E-state index in [1.165, 1.54) is 30.3 Å². The highest BCUT2D eigenvalue weighted by atomic mass is 19.4. The minimum Gasteiger partial charge on any atom is -0.344 e.